The number of halogens is 1. The van der Waals surface area contributed by atoms with E-state index >= 15 is 0 Å². The molecule has 1 aromatic carbocycles. The van der Waals surface area contributed by atoms with Gasteiger partial charge in [-0.2, -0.15) is 0 Å². The molecule has 0 fully saturated rings. The van der Waals surface area contributed by atoms with Crippen LogP contribution in [0.4, 0.5) is 0 Å². The molecule has 1 rings (SSSR count). The minimum Gasteiger partial charge on any atom is -0.462 e. The lowest BCUT2D eigenvalue weighted by Crippen LogP contribution is -2.18. The summed E-state index contributed by atoms with van der Waals surface area (Å²) in [5.74, 6) is -0.607. The van der Waals surface area contributed by atoms with Gasteiger partial charge in [0.1, 0.15) is 0 Å². The molecular formula is C14H20ClNO4S. The summed E-state index contributed by atoms with van der Waals surface area (Å²) in [7, 11) is -3.95. The Morgan fingerprint density at radius 1 is 1.33 bits per heavy atom. The van der Waals surface area contributed by atoms with Gasteiger partial charge in [-0.25, -0.2) is 18.4 Å². The van der Waals surface area contributed by atoms with Crippen molar-refractivity contribution in [3.05, 3.63) is 28.3 Å². The monoisotopic (exact) mass is 333 g/mol. The number of carbonyl (C=O) groups is 1. The smallest absolute Gasteiger partial charge is 0.338 e. The maximum atomic E-state index is 12.1. The van der Waals surface area contributed by atoms with Crippen LogP contribution < -0.4 is 5.14 Å². The molecule has 2 N–H and O–H groups in total. The number of nitrogens with two attached hydrogens (primary N) is 1. The Balaban J connectivity index is 3.03. The van der Waals surface area contributed by atoms with E-state index in [4.69, 9.17) is 21.5 Å². The van der Waals surface area contributed by atoms with Crippen LogP contribution in [-0.4, -0.2) is 21.0 Å². The fourth-order valence-electron chi connectivity index (χ4n) is 1.69. The first-order chi connectivity index (χ1) is 9.42. The third-order valence-corrected chi connectivity index (χ3v) is 4.19. The first kappa shape index (κ1) is 17.9. The zero-order valence-electron chi connectivity index (χ0n) is 12.6. The first-order valence-corrected chi connectivity index (χ1v) is 8.34. The van der Waals surface area contributed by atoms with E-state index in [-0.39, 0.29) is 33.1 Å². The molecule has 0 aromatic heterocycles. The van der Waals surface area contributed by atoms with E-state index in [1.165, 1.54) is 19.1 Å². The van der Waals surface area contributed by atoms with Gasteiger partial charge in [-0.15, -0.1) is 0 Å². The highest BCUT2D eigenvalue weighted by Crippen LogP contribution is 2.25. The lowest BCUT2D eigenvalue weighted by atomic mass is 9.93. The summed E-state index contributed by atoms with van der Waals surface area (Å²) in [5, 5.41) is 5.23. The summed E-state index contributed by atoms with van der Waals surface area (Å²) in [5.41, 5.74) is 0.387. The van der Waals surface area contributed by atoms with Crippen LogP contribution in [0.15, 0.2) is 17.0 Å². The molecule has 0 spiro atoms. The molecular weight excluding hydrogens is 314 g/mol. The average Bonchev–Trinajstić information content (AvgIpc) is 2.28. The van der Waals surface area contributed by atoms with Crippen LogP contribution in [0.3, 0.4) is 0 Å². The van der Waals surface area contributed by atoms with Gasteiger partial charge in [-0.3, -0.25) is 0 Å². The molecule has 0 bridgehead atoms. The van der Waals surface area contributed by atoms with E-state index in [0.29, 0.717) is 6.42 Å². The van der Waals surface area contributed by atoms with E-state index in [2.05, 4.69) is 0 Å². The molecule has 0 aliphatic rings. The summed E-state index contributed by atoms with van der Waals surface area (Å²) in [6.45, 7) is 7.84. The molecule has 0 amide bonds. The number of carbonyl (C=O) groups excluding carboxylic acids is 1. The zero-order valence-corrected chi connectivity index (χ0v) is 14.1. The summed E-state index contributed by atoms with van der Waals surface area (Å²) < 4.78 is 28.2. The van der Waals surface area contributed by atoms with Gasteiger partial charge >= 0.3 is 5.97 Å². The third-order valence-electron chi connectivity index (χ3n) is 2.94. The van der Waals surface area contributed by atoms with Crippen molar-refractivity contribution >= 4 is 27.6 Å². The summed E-state index contributed by atoms with van der Waals surface area (Å²) in [4.78, 5) is 11.9. The van der Waals surface area contributed by atoms with Gasteiger partial charge in [0.05, 0.1) is 17.1 Å². The van der Waals surface area contributed by atoms with Crippen molar-refractivity contribution in [1.29, 1.82) is 0 Å². The minimum atomic E-state index is -3.95. The summed E-state index contributed by atoms with van der Waals surface area (Å²) in [6.07, 6.45) is 0.695. The number of ether oxygens (including phenoxy) is 1. The van der Waals surface area contributed by atoms with E-state index in [1.54, 1.807) is 0 Å². The number of hydrogen-bond acceptors (Lipinski definition) is 4. The Kier molecular flexibility index (Phi) is 5.41. The van der Waals surface area contributed by atoms with Gasteiger partial charge in [0, 0.05) is 5.02 Å². The molecule has 0 aliphatic carbocycles. The van der Waals surface area contributed by atoms with Crippen molar-refractivity contribution in [1.82, 2.24) is 0 Å². The Morgan fingerprint density at radius 2 is 1.90 bits per heavy atom. The van der Waals surface area contributed by atoms with E-state index in [0.717, 1.165) is 0 Å². The van der Waals surface area contributed by atoms with Gasteiger partial charge < -0.3 is 4.74 Å². The van der Waals surface area contributed by atoms with Crippen molar-refractivity contribution in [2.75, 3.05) is 6.61 Å². The number of rotatable bonds is 4. The molecule has 0 unspecified atom stereocenters. The zero-order chi connectivity index (χ0) is 16.4. The second-order valence-electron chi connectivity index (χ2n) is 6.07. The lowest BCUT2D eigenvalue weighted by Gasteiger charge is -2.18. The Labute approximate surface area is 130 Å². The Bertz CT molecular complexity index is 648. The fourth-order valence-corrected chi connectivity index (χ4v) is 2.80. The molecule has 0 saturated heterocycles. The standard InChI is InChI=1S/C14H20ClNO4S/c1-9-11(13(17)20-6-5-14(2,3)4)7-10(15)8-12(9)21(16,18)19/h7-8H,5-6H2,1-4H3,(H2,16,18,19). The van der Waals surface area contributed by atoms with Crippen LogP contribution in [0.5, 0.6) is 0 Å². The van der Waals surface area contributed by atoms with Crippen molar-refractivity contribution in [2.24, 2.45) is 10.6 Å². The van der Waals surface area contributed by atoms with E-state index in [1.807, 2.05) is 20.8 Å². The second kappa shape index (κ2) is 6.34. The number of esters is 1. The number of benzene rings is 1. The second-order valence-corrected chi connectivity index (χ2v) is 8.03. The topological polar surface area (TPSA) is 86.5 Å². The lowest BCUT2D eigenvalue weighted by molar-refractivity contribution is 0.0463. The molecule has 5 nitrogen and oxygen atoms in total. The molecule has 1 aromatic rings. The maximum absolute atomic E-state index is 12.1. The minimum absolute atomic E-state index is 0.0371. The van der Waals surface area contributed by atoms with Gasteiger partial charge in [0.15, 0.2) is 0 Å². The SMILES string of the molecule is Cc1c(C(=O)OCCC(C)(C)C)cc(Cl)cc1S(N)(=O)=O. The molecule has 0 aliphatic heterocycles. The van der Waals surface area contributed by atoms with Gasteiger partial charge in [0.2, 0.25) is 10.0 Å². The molecule has 0 heterocycles. The predicted octanol–water partition coefficient (Wildman–Crippen LogP) is 2.89. The molecule has 0 radical (unpaired) electrons. The van der Waals surface area contributed by atoms with Crippen molar-refractivity contribution in [3.63, 3.8) is 0 Å². The van der Waals surface area contributed by atoms with Crippen LogP contribution >= 0.6 is 11.6 Å². The van der Waals surface area contributed by atoms with E-state index < -0.39 is 16.0 Å². The van der Waals surface area contributed by atoms with Crippen molar-refractivity contribution < 1.29 is 17.9 Å². The normalized spacial score (nSPS) is 12.3. The van der Waals surface area contributed by atoms with Crippen LogP contribution in [-0.2, 0) is 14.8 Å². The Hall–Kier alpha value is -1.11. The number of sulfonamides is 1. The third kappa shape index (κ3) is 5.30. The van der Waals surface area contributed by atoms with E-state index in [9.17, 15) is 13.2 Å². The van der Waals surface area contributed by atoms with Crippen LogP contribution in [0.1, 0.15) is 43.1 Å². The van der Waals surface area contributed by atoms with Crippen molar-refractivity contribution in [3.8, 4) is 0 Å². The fraction of sp³-hybridized carbons (Fsp3) is 0.500. The molecule has 7 heteroatoms. The van der Waals surface area contributed by atoms with Gasteiger partial charge in [-0.05, 0) is 36.5 Å². The van der Waals surface area contributed by atoms with Crippen LogP contribution in [0.25, 0.3) is 0 Å². The predicted molar refractivity (Wildman–Crippen MR) is 81.9 cm³/mol. The van der Waals surface area contributed by atoms with Crippen LogP contribution in [0, 0.1) is 12.3 Å². The highest BCUT2D eigenvalue weighted by Gasteiger charge is 2.21. The molecule has 0 saturated carbocycles. The molecule has 0 atom stereocenters. The van der Waals surface area contributed by atoms with Crippen molar-refractivity contribution in [2.45, 2.75) is 39.0 Å². The number of primary sulfonamides is 1. The summed E-state index contributed by atoms with van der Waals surface area (Å²) >= 11 is 5.85. The highest BCUT2D eigenvalue weighted by atomic mass is 35.5. The largest absolute Gasteiger partial charge is 0.462 e. The maximum Gasteiger partial charge on any atom is 0.338 e. The van der Waals surface area contributed by atoms with Crippen LogP contribution in [0.2, 0.25) is 5.02 Å². The molecule has 118 valence electrons. The average molecular weight is 334 g/mol. The Morgan fingerprint density at radius 3 is 2.38 bits per heavy atom. The highest BCUT2D eigenvalue weighted by molar-refractivity contribution is 7.89. The van der Waals surface area contributed by atoms with Gasteiger partial charge in [0.25, 0.3) is 0 Å². The number of hydrogen-bond donors (Lipinski definition) is 1. The summed E-state index contributed by atoms with van der Waals surface area (Å²) in [6, 6.07) is 2.60. The molecule has 21 heavy (non-hydrogen) atoms. The van der Waals surface area contributed by atoms with Gasteiger partial charge in [-0.1, -0.05) is 32.4 Å². The first-order valence-electron chi connectivity index (χ1n) is 6.42. The quantitative estimate of drug-likeness (QED) is 0.858.